The molecule has 4 nitrogen and oxygen atoms in total. The summed E-state index contributed by atoms with van der Waals surface area (Å²) in [5, 5.41) is 0. The van der Waals surface area contributed by atoms with Crippen molar-refractivity contribution in [3.05, 3.63) is 0 Å². The van der Waals surface area contributed by atoms with Crippen LogP contribution in [0.2, 0.25) is 0 Å². The highest BCUT2D eigenvalue weighted by atomic mass is 31.2. The van der Waals surface area contributed by atoms with Crippen LogP contribution in [0.5, 0.6) is 0 Å². The Labute approximate surface area is 60.0 Å². The summed E-state index contributed by atoms with van der Waals surface area (Å²) in [6.45, 7) is 2.29. The molecule has 1 saturated heterocycles. The Hall–Kier alpha value is 0.110. The average Bonchev–Trinajstić information content (AvgIpc) is 1.88. The van der Waals surface area contributed by atoms with E-state index in [-0.39, 0.29) is 12.5 Å². The first-order valence-corrected chi connectivity index (χ1v) is 4.80. The summed E-state index contributed by atoms with van der Waals surface area (Å²) in [4.78, 5) is 0. The van der Waals surface area contributed by atoms with Gasteiger partial charge in [0.05, 0.1) is 12.7 Å². The van der Waals surface area contributed by atoms with E-state index in [1.807, 2.05) is 0 Å². The molecule has 0 aromatic heterocycles. The number of ether oxygens (including phenoxy) is 1. The van der Waals surface area contributed by atoms with Crippen LogP contribution >= 0.6 is 7.60 Å². The SMILES string of the molecule is COP1(=O)COCC(C)O1. The topological polar surface area (TPSA) is 44.8 Å². The minimum Gasteiger partial charge on any atom is -0.366 e. The highest BCUT2D eigenvalue weighted by molar-refractivity contribution is 7.53. The molecular formula is C5H11O4P. The van der Waals surface area contributed by atoms with Gasteiger partial charge in [0.25, 0.3) is 0 Å². The summed E-state index contributed by atoms with van der Waals surface area (Å²) >= 11 is 0. The molecule has 2 unspecified atom stereocenters. The van der Waals surface area contributed by atoms with E-state index in [2.05, 4.69) is 4.52 Å². The van der Waals surface area contributed by atoms with Gasteiger partial charge in [-0.15, -0.1) is 0 Å². The first-order valence-electron chi connectivity index (χ1n) is 3.07. The van der Waals surface area contributed by atoms with E-state index < -0.39 is 7.60 Å². The maximum Gasteiger partial charge on any atom is 0.356 e. The van der Waals surface area contributed by atoms with Gasteiger partial charge in [-0.2, -0.15) is 0 Å². The van der Waals surface area contributed by atoms with Gasteiger partial charge in [0, 0.05) is 7.11 Å². The Bertz CT molecular complexity index is 158. The maximum atomic E-state index is 11.2. The van der Waals surface area contributed by atoms with Gasteiger partial charge in [-0.25, -0.2) is 0 Å². The standard InChI is InChI=1S/C5H11O4P/c1-5-3-8-4-10(6,7-2)9-5/h5H,3-4H2,1-2H3. The first kappa shape index (κ1) is 8.21. The summed E-state index contributed by atoms with van der Waals surface area (Å²) < 4.78 is 25.9. The fourth-order valence-corrected chi connectivity index (χ4v) is 1.95. The lowest BCUT2D eigenvalue weighted by molar-refractivity contribution is 0.0216. The number of rotatable bonds is 1. The van der Waals surface area contributed by atoms with E-state index in [1.54, 1.807) is 6.92 Å². The van der Waals surface area contributed by atoms with Crippen LogP contribution in [-0.2, 0) is 18.3 Å². The Morgan fingerprint density at radius 1 is 1.70 bits per heavy atom. The van der Waals surface area contributed by atoms with Gasteiger partial charge in [0.15, 0.2) is 0 Å². The third kappa shape index (κ3) is 1.80. The number of hydrogen-bond acceptors (Lipinski definition) is 4. The minimum absolute atomic E-state index is 0.0772. The molecule has 1 fully saturated rings. The van der Waals surface area contributed by atoms with Crippen molar-refractivity contribution in [2.24, 2.45) is 0 Å². The fraction of sp³-hybridized carbons (Fsp3) is 1.00. The van der Waals surface area contributed by atoms with Gasteiger partial charge in [0.2, 0.25) is 0 Å². The molecule has 2 atom stereocenters. The molecule has 1 rings (SSSR count). The highest BCUT2D eigenvalue weighted by Crippen LogP contribution is 2.50. The van der Waals surface area contributed by atoms with E-state index in [1.165, 1.54) is 7.11 Å². The van der Waals surface area contributed by atoms with Crippen molar-refractivity contribution in [2.75, 3.05) is 20.1 Å². The van der Waals surface area contributed by atoms with Crippen molar-refractivity contribution in [3.8, 4) is 0 Å². The van der Waals surface area contributed by atoms with Crippen molar-refractivity contribution in [1.82, 2.24) is 0 Å². The van der Waals surface area contributed by atoms with Crippen LogP contribution in [0, 0.1) is 0 Å². The van der Waals surface area contributed by atoms with Crippen molar-refractivity contribution in [3.63, 3.8) is 0 Å². The highest BCUT2D eigenvalue weighted by Gasteiger charge is 2.30. The molecule has 1 aliphatic heterocycles. The molecule has 0 aromatic carbocycles. The lowest BCUT2D eigenvalue weighted by atomic mass is 10.5. The van der Waals surface area contributed by atoms with Crippen LogP contribution < -0.4 is 0 Å². The molecule has 60 valence electrons. The minimum atomic E-state index is -2.87. The van der Waals surface area contributed by atoms with E-state index in [4.69, 9.17) is 9.26 Å². The fourth-order valence-electron chi connectivity index (χ4n) is 0.761. The van der Waals surface area contributed by atoms with E-state index in [0.29, 0.717) is 6.61 Å². The van der Waals surface area contributed by atoms with Gasteiger partial charge in [0.1, 0.15) is 6.35 Å². The molecule has 0 aromatic rings. The second-order valence-electron chi connectivity index (χ2n) is 2.21. The average molecular weight is 166 g/mol. The maximum absolute atomic E-state index is 11.2. The van der Waals surface area contributed by atoms with Gasteiger partial charge >= 0.3 is 7.60 Å². The summed E-state index contributed by atoms with van der Waals surface area (Å²) in [7, 11) is -1.51. The van der Waals surface area contributed by atoms with Gasteiger partial charge in [-0.1, -0.05) is 0 Å². The van der Waals surface area contributed by atoms with Crippen LogP contribution in [-0.4, -0.2) is 26.2 Å². The smallest absolute Gasteiger partial charge is 0.356 e. The largest absolute Gasteiger partial charge is 0.366 e. The zero-order chi connectivity index (χ0) is 7.61. The molecular weight excluding hydrogens is 155 g/mol. The zero-order valence-electron chi connectivity index (χ0n) is 6.07. The Balaban J connectivity index is 2.54. The van der Waals surface area contributed by atoms with Gasteiger partial charge in [-0.05, 0) is 6.92 Å². The lowest BCUT2D eigenvalue weighted by Crippen LogP contribution is -2.22. The summed E-state index contributed by atoms with van der Waals surface area (Å²) in [5.74, 6) is 0. The van der Waals surface area contributed by atoms with E-state index in [0.717, 1.165) is 0 Å². The predicted octanol–water partition coefficient (Wildman–Crippen LogP) is 1.22. The van der Waals surface area contributed by atoms with E-state index >= 15 is 0 Å². The van der Waals surface area contributed by atoms with Crippen LogP contribution in [0.3, 0.4) is 0 Å². The zero-order valence-corrected chi connectivity index (χ0v) is 6.97. The molecule has 5 heteroatoms. The van der Waals surface area contributed by atoms with Crippen LogP contribution in [0.15, 0.2) is 0 Å². The second-order valence-corrected chi connectivity index (χ2v) is 4.27. The molecule has 0 radical (unpaired) electrons. The first-order chi connectivity index (χ1) is 4.66. The third-order valence-corrected chi connectivity index (χ3v) is 2.96. The Kier molecular flexibility index (Phi) is 2.47. The summed E-state index contributed by atoms with van der Waals surface area (Å²) in [5.41, 5.74) is 0. The number of hydrogen-bond donors (Lipinski definition) is 0. The Morgan fingerprint density at radius 3 is 2.80 bits per heavy atom. The monoisotopic (exact) mass is 166 g/mol. The molecule has 0 aliphatic carbocycles. The van der Waals surface area contributed by atoms with Crippen LogP contribution in [0.25, 0.3) is 0 Å². The molecule has 0 saturated carbocycles. The predicted molar refractivity (Wildman–Crippen MR) is 36.0 cm³/mol. The summed E-state index contributed by atoms with van der Waals surface area (Å²) in [6, 6.07) is 0. The van der Waals surface area contributed by atoms with Crippen LogP contribution in [0.1, 0.15) is 6.92 Å². The van der Waals surface area contributed by atoms with Crippen molar-refractivity contribution in [1.29, 1.82) is 0 Å². The van der Waals surface area contributed by atoms with Gasteiger partial charge in [-0.3, -0.25) is 4.57 Å². The third-order valence-electron chi connectivity index (χ3n) is 1.22. The van der Waals surface area contributed by atoms with Crippen molar-refractivity contribution < 1.29 is 18.3 Å². The normalized spacial score (nSPS) is 41.6. The lowest BCUT2D eigenvalue weighted by Gasteiger charge is -2.25. The van der Waals surface area contributed by atoms with Crippen molar-refractivity contribution in [2.45, 2.75) is 13.0 Å². The molecule has 0 amide bonds. The molecule has 1 aliphatic rings. The summed E-state index contributed by atoms with van der Waals surface area (Å²) in [6.07, 6.45) is -0.0482. The van der Waals surface area contributed by atoms with Crippen molar-refractivity contribution >= 4 is 7.60 Å². The van der Waals surface area contributed by atoms with E-state index in [9.17, 15) is 4.57 Å². The molecule has 0 bridgehead atoms. The van der Waals surface area contributed by atoms with Gasteiger partial charge < -0.3 is 13.8 Å². The molecule has 10 heavy (non-hydrogen) atoms. The molecule has 0 spiro atoms. The van der Waals surface area contributed by atoms with Crippen LogP contribution in [0.4, 0.5) is 0 Å². The second kappa shape index (κ2) is 3.01. The molecule has 0 N–H and O–H groups in total. The Morgan fingerprint density at radius 2 is 2.40 bits per heavy atom. The quantitative estimate of drug-likeness (QED) is 0.549. The molecule has 1 heterocycles.